The van der Waals surface area contributed by atoms with Crippen LogP contribution in [0, 0.1) is 0 Å². The monoisotopic (exact) mass is 634 g/mol. The summed E-state index contributed by atoms with van der Waals surface area (Å²) in [5.74, 6) is -0.0650. The molecule has 0 aliphatic carbocycles. The Labute approximate surface area is 281 Å². The second-order valence-electron chi connectivity index (χ2n) is 13.7. The summed E-state index contributed by atoms with van der Waals surface area (Å²) in [7, 11) is 0. The van der Waals surface area contributed by atoms with E-state index in [1.807, 2.05) is 6.08 Å². The molecule has 0 bridgehead atoms. The van der Waals surface area contributed by atoms with E-state index < -0.39 is 12.1 Å². The van der Waals surface area contributed by atoms with Crippen LogP contribution in [0.25, 0.3) is 0 Å². The van der Waals surface area contributed by atoms with Crippen LogP contribution in [0.3, 0.4) is 0 Å². The Hall–Kier alpha value is -1.13. The van der Waals surface area contributed by atoms with Gasteiger partial charge in [-0.3, -0.25) is 4.79 Å². The Morgan fingerprint density at radius 3 is 1.31 bits per heavy atom. The Morgan fingerprint density at radius 1 is 0.511 bits per heavy atom. The van der Waals surface area contributed by atoms with Gasteiger partial charge < -0.3 is 15.5 Å². The third-order valence-electron chi connectivity index (χ3n) is 9.16. The fraction of sp³-hybridized carbons (Fsp3) is 0.878. The van der Waals surface area contributed by atoms with Crippen LogP contribution in [-0.2, 0) is 4.79 Å². The number of carbonyl (C=O) groups excluding carboxylic acids is 1. The number of nitrogens with one attached hydrogen (secondary N) is 1. The Bertz CT molecular complexity index is 647. The van der Waals surface area contributed by atoms with Crippen molar-refractivity contribution in [3.05, 3.63) is 24.3 Å². The zero-order valence-corrected chi connectivity index (χ0v) is 30.4. The largest absolute Gasteiger partial charge is 0.394 e. The third kappa shape index (κ3) is 34.0. The molecule has 3 N–H and O–H groups in total. The number of unbranched alkanes of at least 4 members (excludes halogenated alkanes) is 27. The van der Waals surface area contributed by atoms with E-state index in [9.17, 15) is 15.0 Å². The molecule has 266 valence electrons. The highest BCUT2D eigenvalue weighted by atomic mass is 16.3. The Kier molecular flexibility index (Phi) is 36.4. The fourth-order valence-electron chi connectivity index (χ4n) is 6.06. The fourth-order valence-corrected chi connectivity index (χ4v) is 6.06. The van der Waals surface area contributed by atoms with Gasteiger partial charge in [-0.15, -0.1) is 0 Å². The second kappa shape index (κ2) is 37.3. The predicted molar refractivity (Wildman–Crippen MR) is 198 cm³/mol. The van der Waals surface area contributed by atoms with E-state index in [4.69, 9.17) is 0 Å². The molecule has 4 heteroatoms. The molecule has 2 atom stereocenters. The predicted octanol–water partition coefficient (Wildman–Crippen LogP) is 12.1. The van der Waals surface area contributed by atoms with E-state index in [1.165, 1.54) is 167 Å². The van der Waals surface area contributed by atoms with Crippen LogP contribution in [0.4, 0.5) is 0 Å². The van der Waals surface area contributed by atoms with Gasteiger partial charge in [0.25, 0.3) is 0 Å². The Morgan fingerprint density at radius 2 is 0.889 bits per heavy atom. The van der Waals surface area contributed by atoms with Crippen LogP contribution >= 0.6 is 0 Å². The lowest BCUT2D eigenvalue weighted by atomic mass is 10.0. The molecule has 0 saturated carbocycles. The summed E-state index contributed by atoms with van der Waals surface area (Å²) in [6.07, 6.45) is 47.0. The summed E-state index contributed by atoms with van der Waals surface area (Å²) in [4.78, 5) is 12.3. The van der Waals surface area contributed by atoms with Gasteiger partial charge in [0, 0.05) is 6.42 Å². The van der Waals surface area contributed by atoms with Gasteiger partial charge in [0.15, 0.2) is 0 Å². The molecule has 4 nitrogen and oxygen atoms in total. The number of aliphatic hydroxyl groups is 2. The Balaban J connectivity index is 3.54. The molecule has 0 aliphatic rings. The summed E-state index contributed by atoms with van der Waals surface area (Å²) in [5, 5.41) is 22.9. The number of aliphatic hydroxyl groups excluding tert-OH is 2. The number of amides is 1. The number of hydrogen-bond acceptors (Lipinski definition) is 3. The van der Waals surface area contributed by atoms with Crippen molar-refractivity contribution in [1.29, 1.82) is 0 Å². The smallest absolute Gasteiger partial charge is 0.220 e. The molecular weight excluding hydrogens is 554 g/mol. The van der Waals surface area contributed by atoms with Crippen molar-refractivity contribution in [2.24, 2.45) is 0 Å². The lowest BCUT2D eigenvalue weighted by Gasteiger charge is -2.20. The zero-order chi connectivity index (χ0) is 32.9. The maximum absolute atomic E-state index is 12.3. The zero-order valence-electron chi connectivity index (χ0n) is 30.4. The van der Waals surface area contributed by atoms with E-state index in [1.54, 1.807) is 6.08 Å². The van der Waals surface area contributed by atoms with Crippen molar-refractivity contribution in [3.8, 4) is 0 Å². The first kappa shape index (κ1) is 43.9. The number of allylic oxidation sites excluding steroid dienone is 3. The van der Waals surface area contributed by atoms with E-state index >= 15 is 0 Å². The number of hydrogen-bond donors (Lipinski definition) is 3. The first-order valence-electron chi connectivity index (χ1n) is 20.1. The quantitative estimate of drug-likeness (QED) is 0.0475. The van der Waals surface area contributed by atoms with Gasteiger partial charge in [-0.1, -0.05) is 192 Å². The first-order valence-corrected chi connectivity index (χ1v) is 20.1. The van der Waals surface area contributed by atoms with Gasteiger partial charge in [-0.05, 0) is 38.5 Å². The lowest BCUT2D eigenvalue weighted by molar-refractivity contribution is -0.123. The maximum Gasteiger partial charge on any atom is 0.220 e. The summed E-state index contributed by atoms with van der Waals surface area (Å²) in [6, 6.07) is -0.620. The van der Waals surface area contributed by atoms with E-state index in [2.05, 4.69) is 31.3 Å². The first-order chi connectivity index (χ1) is 22.2. The maximum atomic E-state index is 12.3. The molecule has 0 aromatic rings. The molecule has 0 aromatic heterocycles. The highest BCUT2D eigenvalue weighted by Gasteiger charge is 2.17. The molecule has 0 rings (SSSR count). The number of carbonyl (C=O) groups is 1. The van der Waals surface area contributed by atoms with E-state index in [0.29, 0.717) is 6.42 Å². The molecule has 0 spiro atoms. The number of rotatable bonds is 36. The summed E-state index contributed by atoms with van der Waals surface area (Å²) in [6.45, 7) is 4.26. The van der Waals surface area contributed by atoms with Crippen LogP contribution in [0.1, 0.15) is 213 Å². The van der Waals surface area contributed by atoms with Gasteiger partial charge in [-0.2, -0.15) is 0 Å². The van der Waals surface area contributed by atoms with Crippen molar-refractivity contribution in [2.45, 2.75) is 225 Å². The van der Waals surface area contributed by atoms with Crippen LogP contribution < -0.4 is 5.32 Å². The molecule has 0 heterocycles. The van der Waals surface area contributed by atoms with Crippen molar-refractivity contribution in [2.75, 3.05) is 6.61 Å². The topological polar surface area (TPSA) is 69.6 Å². The molecule has 2 unspecified atom stereocenters. The SMILES string of the molecule is CCCC=CCCCCCCCCC=CC(O)C(CO)NC(=O)CCCCCCCCCCCCCCCCCCCCCC. The lowest BCUT2D eigenvalue weighted by Crippen LogP contribution is -2.45. The van der Waals surface area contributed by atoms with Crippen LogP contribution in [0.15, 0.2) is 24.3 Å². The second-order valence-corrected chi connectivity index (χ2v) is 13.7. The summed E-state index contributed by atoms with van der Waals surface area (Å²) < 4.78 is 0. The highest BCUT2D eigenvalue weighted by Crippen LogP contribution is 2.15. The summed E-state index contributed by atoms with van der Waals surface area (Å²) in [5.41, 5.74) is 0. The van der Waals surface area contributed by atoms with Gasteiger partial charge >= 0.3 is 0 Å². The normalized spacial score (nSPS) is 13.2. The van der Waals surface area contributed by atoms with Crippen molar-refractivity contribution >= 4 is 5.91 Å². The van der Waals surface area contributed by atoms with Crippen molar-refractivity contribution in [3.63, 3.8) is 0 Å². The molecule has 0 saturated heterocycles. The third-order valence-corrected chi connectivity index (χ3v) is 9.16. The molecule has 45 heavy (non-hydrogen) atoms. The molecule has 0 radical (unpaired) electrons. The van der Waals surface area contributed by atoms with E-state index in [-0.39, 0.29) is 12.5 Å². The molecule has 0 fully saturated rings. The molecule has 0 aromatic carbocycles. The summed E-state index contributed by atoms with van der Waals surface area (Å²) >= 11 is 0. The van der Waals surface area contributed by atoms with E-state index in [0.717, 1.165) is 25.7 Å². The average Bonchev–Trinajstić information content (AvgIpc) is 3.04. The van der Waals surface area contributed by atoms with Gasteiger partial charge in [-0.25, -0.2) is 0 Å². The van der Waals surface area contributed by atoms with Gasteiger partial charge in [0.1, 0.15) is 0 Å². The van der Waals surface area contributed by atoms with Crippen LogP contribution in [0.5, 0.6) is 0 Å². The van der Waals surface area contributed by atoms with Gasteiger partial charge in [0.2, 0.25) is 5.91 Å². The highest BCUT2D eigenvalue weighted by molar-refractivity contribution is 5.76. The van der Waals surface area contributed by atoms with Crippen LogP contribution in [-0.4, -0.2) is 34.9 Å². The minimum Gasteiger partial charge on any atom is -0.394 e. The molecule has 1 amide bonds. The standard InChI is InChI=1S/C41H79NO3/c1-3-5-7-9-11-13-15-17-18-19-20-21-22-23-25-27-29-31-33-35-37-41(45)42-39(38-43)40(44)36-34-32-30-28-26-24-16-14-12-10-8-6-4-2/h8,10,34,36,39-40,43-44H,3-7,9,11-33,35,37-38H2,1-2H3,(H,42,45). The average molecular weight is 634 g/mol. The minimum absolute atomic E-state index is 0.0650. The van der Waals surface area contributed by atoms with Crippen molar-refractivity contribution in [1.82, 2.24) is 5.32 Å². The van der Waals surface area contributed by atoms with Crippen molar-refractivity contribution < 1.29 is 15.0 Å². The van der Waals surface area contributed by atoms with Crippen LogP contribution in [0.2, 0.25) is 0 Å². The molecular formula is C41H79NO3. The molecule has 0 aliphatic heterocycles. The minimum atomic E-state index is -0.838. The van der Waals surface area contributed by atoms with Gasteiger partial charge in [0.05, 0.1) is 18.8 Å².